The summed E-state index contributed by atoms with van der Waals surface area (Å²) < 4.78 is 12.8. The largest absolute Gasteiger partial charge is 0.490 e. The molecule has 1 saturated heterocycles. The summed E-state index contributed by atoms with van der Waals surface area (Å²) in [5.41, 5.74) is 3.58. The second-order valence-electron chi connectivity index (χ2n) is 7.60. The Labute approximate surface area is 232 Å². The summed E-state index contributed by atoms with van der Waals surface area (Å²) in [5, 5.41) is 4.48. The van der Waals surface area contributed by atoms with Crippen molar-refractivity contribution in [3.8, 4) is 11.5 Å². The van der Waals surface area contributed by atoms with Crippen molar-refractivity contribution in [3.05, 3.63) is 89.8 Å². The first-order valence-corrected chi connectivity index (χ1v) is 13.4. The van der Waals surface area contributed by atoms with Crippen molar-refractivity contribution in [2.75, 3.05) is 6.61 Å². The van der Waals surface area contributed by atoms with Crippen molar-refractivity contribution >= 4 is 80.4 Å². The molecule has 9 heteroatoms. The molecule has 1 heterocycles. The highest BCUT2D eigenvalue weighted by Gasteiger charge is 2.24. The first-order valence-electron chi connectivity index (χ1n) is 10.7. The van der Waals surface area contributed by atoms with Crippen molar-refractivity contribution in [1.82, 2.24) is 5.32 Å². The van der Waals surface area contributed by atoms with Crippen LogP contribution in [-0.4, -0.2) is 17.7 Å². The maximum Gasteiger partial charge on any atom is 0.264 e. The van der Waals surface area contributed by atoms with E-state index in [9.17, 15) is 4.79 Å². The van der Waals surface area contributed by atoms with Gasteiger partial charge in [0.15, 0.2) is 16.7 Å². The molecule has 0 spiro atoms. The van der Waals surface area contributed by atoms with Gasteiger partial charge in [-0.25, -0.2) is 4.99 Å². The molecular weight excluding hydrogens is 618 g/mol. The van der Waals surface area contributed by atoms with Gasteiger partial charge in [0.25, 0.3) is 5.91 Å². The number of amidine groups is 1. The highest BCUT2D eigenvalue weighted by atomic mass is 127. The van der Waals surface area contributed by atoms with E-state index in [0.29, 0.717) is 38.2 Å². The molecule has 0 aromatic heterocycles. The van der Waals surface area contributed by atoms with E-state index < -0.39 is 0 Å². The van der Waals surface area contributed by atoms with E-state index in [2.05, 4.69) is 32.9 Å². The van der Waals surface area contributed by atoms with Crippen LogP contribution in [0.3, 0.4) is 0 Å². The lowest BCUT2D eigenvalue weighted by atomic mass is 10.1. The molecule has 1 amide bonds. The standard InChI is InChI=1S/C26H21Cl2IN2O3S/c1-3-33-22-11-16(10-21(29)24(22)34-14-17-6-7-18(27)13-20(17)28)12-23-25(32)31-26(35-23)30-19-8-4-15(2)5-9-19/h4-13H,3,14H2,1-2H3,(H,30,31,32)/b23-12+. The summed E-state index contributed by atoms with van der Waals surface area (Å²) in [6.45, 7) is 4.66. The van der Waals surface area contributed by atoms with Crippen LogP contribution in [0.1, 0.15) is 23.6 Å². The fraction of sp³-hybridized carbons (Fsp3) is 0.154. The number of aliphatic imine (C=N–C) groups is 1. The zero-order valence-electron chi connectivity index (χ0n) is 18.9. The summed E-state index contributed by atoms with van der Waals surface area (Å²) in [4.78, 5) is 17.6. The summed E-state index contributed by atoms with van der Waals surface area (Å²) in [7, 11) is 0. The van der Waals surface area contributed by atoms with E-state index in [1.54, 1.807) is 12.1 Å². The Morgan fingerprint density at radius 3 is 2.57 bits per heavy atom. The lowest BCUT2D eigenvalue weighted by Crippen LogP contribution is -2.19. The van der Waals surface area contributed by atoms with Gasteiger partial charge in [-0.3, -0.25) is 4.79 Å². The SMILES string of the molecule is CCOc1cc(/C=C2/SC(=Nc3ccc(C)cc3)NC2=O)cc(I)c1OCc1ccc(Cl)cc1Cl. The van der Waals surface area contributed by atoms with Gasteiger partial charge in [0.05, 0.1) is 20.8 Å². The number of carbonyl (C=O) groups excluding carboxylic acids is 1. The van der Waals surface area contributed by atoms with Crippen molar-refractivity contribution < 1.29 is 14.3 Å². The molecule has 3 aromatic rings. The minimum Gasteiger partial charge on any atom is -0.490 e. The molecule has 0 radical (unpaired) electrons. The number of ether oxygens (including phenoxy) is 2. The minimum absolute atomic E-state index is 0.188. The summed E-state index contributed by atoms with van der Waals surface area (Å²) >= 11 is 15.8. The highest BCUT2D eigenvalue weighted by molar-refractivity contribution is 14.1. The molecule has 1 aliphatic rings. The number of halogens is 3. The molecule has 1 fully saturated rings. The molecule has 180 valence electrons. The van der Waals surface area contributed by atoms with Crippen LogP contribution in [0.5, 0.6) is 11.5 Å². The topological polar surface area (TPSA) is 59.9 Å². The van der Waals surface area contributed by atoms with Crippen molar-refractivity contribution in [3.63, 3.8) is 0 Å². The van der Waals surface area contributed by atoms with E-state index >= 15 is 0 Å². The Morgan fingerprint density at radius 2 is 1.86 bits per heavy atom. The lowest BCUT2D eigenvalue weighted by Gasteiger charge is -2.15. The number of hydrogen-bond donors (Lipinski definition) is 1. The number of carbonyl (C=O) groups is 1. The molecular formula is C26H21Cl2IN2O3S. The second-order valence-corrected chi connectivity index (χ2v) is 10.6. The second kappa shape index (κ2) is 11.7. The van der Waals surface area contributed by atoms with Gasteiger partial charge in [-0.1, -0.05) is 47.0 Å². The quantitative estimate of drug-likeness (QED) is 0.212. The number of amides is 1. The monoisotopic (exact) mass is 638 g/mol. The van der Waals surface area contributed by atoms with Crippen molar-refractivity contribution in [1.29, 1.82) is 0 Å². The molecule has 35 heavy (non-hydrogen) atoms. The molecule has 0 unspecified atom stereocenters. The predicted octanol–water partition coefficient (Wildman–Crippen LogP) is 7.78. The first kappa shape index (κ1) is 25.9. The molecule has 0 aliphatic carbocycles. The number of hydrogen-bond acceptors (Lipinski definition) is 5. The maximum absolute atomic E-state index is 12.6. The molecule has 0 bridgehead atoms. The summed E-state index contributed by atoms with van der Waals surface area (Å²) in [6, 6.07) is 16.9. The van der Waals surface area contributed by atoms with Gasteiger partial charge in [0.1, 0.15) is 6.61 Å². The van der Waals surface area contributed by atoms with E-state index in [1.165, 1.54) is 11.8 Å². The van der Waals surface area contributed by atoms with Crippen LogP contribution in [0.2, 0.25) is 10.0 Å². The Balaban J connectivity index is 1.56. The minimum atomic E-state index is -0.188. The van der Waals surface area contributed by atoms with E-state index in [0.717, 1.165) is 25.9 Å². The highest BCUT2D eigenvalue weighted by Crippen LogP contribution is 2.37. The van der Waals surface area contributed by atoms with Crippen LogP contribution in [0, 0.1) is 10.5 Å². The molecule has 3 aromatic carbocycles. The third-order valence-corrected chi connectivity index (χ3v) is 7.23. The van der Waals surface area contributed by atoms with Gasteiger partial charge < -0.3 is 14.8 Å². The molecule has 0 saturated carbocycles. The zero-order chi connectivity index (χ0) is 24.9. The van der Waals surface area contributed by atoms with Gasteiger partial charge in [-0.05, 0) is 96.2 Å². The summed E-state index contributed by atoms with van der Waals surface area (Å²) in [6.07, 6.45) is 1.82. The van der Waals surface area contributed by atoms with Crippen LogP contribution in [0.25, 0.3) is 6.08 Å². The number of aryl methyl sites for hydroxylation is 1. The number of rotatable bonds is 7. The Bertz CT molecular complexity index is 1330. The normalized spacial score (nSPS) is 15.5. The van der Waals surface area contributed by atoms with E-state index in [1.807, 2.05) is 62.4 Å². The van der Waals surface area contributed by atoms with Crippen molar-refractivity contribution in [2.24, 2.45) is 4.99 Å². The van der Waals surface area contributed by atoms with Gasteiger partial charge in [-0.2, -0.15) is 0 Å². The fourth-order valence-corrected chi connectivity index (χ4v) is 5.32. The molecule has 5 nitrogen and oxygen atoms in total. The smallest absolute Gasteiger partial charge is 0.264 e. The van der Waals surface area contributed by atoms with Crippen LogP contribution in [-0.2, 0) is 11.4 Å². The number of nitrogens with one attached hydrogen (secondary N) is 1. The van der Waals surface area contributed by atoms with Gasteiger partial charge in [0.2, 0.25) is 0 Å². The van der Waals surface area contributed by atoms with Crippen LogP contribution in [0.4, 0.5) is 5.69 Å². The first-order chi connectivity index (χ1) is 16.8. The maximum atomic E-state index is 12.6. The van der Waals surface area contributed by atoms with Crippen LogP contribution < -0.4 is 14.8 Å². The van der Waals surface area contributed by atoms with E-state index in [4.69, 9.17) is 32.7 Å². The van der Waals surface area contributed by atoms with E-state index in [-0.39, 0.29) is 12.5 Å². The van der Waals surface area contributed by atoms with Gasteiger partial charge in [-0.15, -0.1) is 0 Å². The zero-order valence-corrected chi connectivity index (χ0v) is 23.4. The predicted molar refractivity (Wildman–Crippen MR) is 153 cm³/mol. The average Bonchev–Trinajstić information content (AvgIpc) is 3.14. The third kappa shape index (κ3) is 6.73. The van der Waals surface area contributed by atoms with Gasteiger partial charge >= 0.3 is 0 Å². The Hall–Kier alpha value is -2.20. The Kier molecular flexibility index (Phi) is 8.64. The van der Waals surface area contributed by atoms with Gasteiger partial charge in [0, 0.05) is 15.6 Å². The van der Waals surface area contributed by atoms with Crippen LogP contribution in [0.15, 0.2) is 64.5 Å². The number of thioether (sulfide) groups is 1. The molecule has 4 rings (SSSR count). The Morgan fingerprint density at radius 1 is 1.09 bits per heavy atom. The fourth-order valence-electron chi connectivity index (χ4n) is 3.23. The molecule has 1 aliphatic heterocycles. The number of benzene rings is 3. The molecule has 0 atom stereocenters. The molecule has 1 N–H and O–H groups in total. The average molecular weight is 639 g/mol. The van der Waals surface area contributed by atoms with Crippen LogP contribution >= 0.6 is 57.6 Å². The summed E-state index contributed by atoms with van der Waals surface area (Å²) in [5.74, 6) is 1.02. The van der Waals surface area contributed by atoms with Crippen molar-refractivity contribution in [2.45, 2.75) is 20.5 Å². The lowest BCUT2D eigenvalue weighted by molar-refractivity contribution is -0.115. The number of nitrogens with zero attached hydrogens (tertiary/aromatic N) is 1. The third-order valence-electron chi connectivity index (χ3n) is 4.93.